The monoisotopic (exact) mass is 654 g/mol. The molecular formula is C48H34N2O. The minimum absolute atomic E-state index is 0.540. The van der Waals surface area contributed by atoms with Crippen molar-refractivity contribution in [1.29, 1.82) is 0 Å². The number of ether oxygens (including phenoxy) is 1. The quantitative estimate of drug-likeness (QED) is 0.189. The molecule has 1 unspecified atom stereocenters. The van der Waals surface area contributed by atoms with Crippen LogP contribution in [0.15, 0.2) is 170 Å². The van der Waals surface area contributed by atoms with Crippen molar-refractivity contribution in [3.05, 3.63) is 198 Å². The highest BCUT2D eigenvalue weighted by Gasteiger charge is 2.51. The summed E-state index contributed by atoms with van der Waals surface area (Å²) in [6, 6.07) is 53.9. The summed E-state index contributed by atoms with van der Waals surface area (Å²) in [5, 5.41) is 0. The lowest BCUT2D eigenvalue weighted by atomic mass is 9.66. The summed E-state index contributed by atoms with van der Waals surface area (Å²) in [4.78, 5) is 10.5. The Bertz CT molecular complexity index is 2500. The largest absolute Gasteiger partial charge is 0.457 e. The maximum atomic E-state index is 6.56. The van der Waals surface area contributed by atoms with E-state index >= 15 is 0 Å². The number of aromatic nitrogens is 2. The van der Waals surface area contributed by atoms with Crippen LogP contribution in [-0.2, 0) is 5.41 Å². The number of rotatable bonds is 4. The summed E-state index contributed by atoms with van der Waals surface area (Å²) in [7, 11) is 0. The zero-order chi connectivity index (χ0) is 33.9. The third kappa shape index (κ3) is 4.58. The van der Waals surface area contributed by atoms with Gasteiger partial charge in [-0.15, -0.1) is 0 Å². The number of allylic oxidation sites excluding steroid dienone is 4. The molecule has 1 aliphatic heterocycles. The summed E-state index contributed by atoms with van der Waals surface area (Å²) in [6.07, 6.45) is 7.72. The highest BCUT2D eigenvalue weighted by Crippen LogP contribution is 2.63. The number of hydrogen-bond donors (Lipinski definition) is 0. The Morgan fingerprint density at radius 1 is 0.549 bits per heavy atom. The molecule has 2 heterocycles. The third-order valence-electron chi connectivity index (χ3n) is 10.7. The van der Waals surface area contributed by atoms with Gasteiger partial charge < -0.3 is 4.74 Å². The zero-order valence-corrected chi connectivity index (χ0v) is 28.3. The lowest BCUT2D eigenvalue weighted by molar-refractivity contribution is 0.436. The Hall–Kier alpha value is -6.32. The molecule has 0 N–H and O–H groups in total. The van der Waals surface area contributed by atoms with Crippen molar-refractivity contribution in [3.8, 4) is 56.5 Å². The average molecular weight is 655 g/mol. The van der Waals surface area contributed by atoms with Crippen LogP contribution in [0, 0.1) is 5.92 Å². The Labute approximate surface area is 298 Å². The molecule has 10 rings (SSSR count). The molecule has 0 radical (unpaired) electrons. The number of benzene rings is 6. The molecule has 0 bridgehead atoms. The molecule has 1 spiro atoms. The molecule has 1 atom stereocenters. The lowest BCUT2D eigenvalue weighted by Crippen LogP contribution is -2.32. The molecular weight excluding hydrogens is 621 g/mol. The van der Waals surface area contributed by atoms with Gasteiger partial charge in [0.1, 0.15) is 11.5 Å². The molecule has 242 valence electrons. The van der Waals surface area contributed by atoms with E-state index in [-0.39, 0.29) is 0 Å². The minimum Gasteiger partial charge on any atom is -0.457 e. The first-order chi connectivity index (χ1) is 25.2. The SMILES string of the molecule is CC1C=CC=C(c2ccc(-c3nc(-c4ccccc4)cc(-c4cccc5c4-c4ccccc4C54c5ccccc5Oc5ccccc54)n3)cc2)C1. The highest BCUT2D eigenvalue weighted by atomic mass is 16.5. The fourth-order valence-electron chi connectivity index (χ4n) is 8.48. The van der Waals surface area contributed by atoms with Gasteiger partial charge in [-0.1, -0.05) is 159 Å². The van der Waals surface area contributed by atoms with Crippen molar-refractivity contribution < 1.29 is 4.74 Å². The smallest absolute Gasteiger partial charge is 0.160 e. The van der Waals surface area contributed by atoms with Crippen molar-refractivity contribution in [1.82, 2.24) is 9.97 Å². The average Bonchev–Trinajstić information content (AvgIpc) is 3.49. The molecule has 3 heteroatoms. The fraction of sp³-hybridized carbons (Fsp3) is 0.0833. The second-order valence-corrected chi connectivity index (χ2v) is 13.8. The Morgan fingerprint density at radius 3 is 1.90 bits per heavy atom. The molecule has 0 saturated heterocycles. The summed E-state index contributed by atoms with van der Waals surface area (Å²) in [5.74, 6) is 3.03. The molecule has 3 aliphatic rings. The van der Waals surface area contributed by atoms with E-state index in [4.69, 9.17) is 14.7 Å². The number of hydrogen-bond acceptors (Lipinski definition) is 3. The van der Waals surface area contributed by atoms with Crippen molar-refractivity contribution in [2.24, 2.45) is 5.92 Å². The molecule has 6 aromatic carbocycles. The minimum atomic E-state index is -0.540. The van der Waals surface area contributed by atoms with Crippen LogP contribution in [0.3, 0.4) is 0 Å². The van der Waals surface area contributed by atoms with Gasteiger partial charge in [-0.2, -0.15) is 0 Å². The molecule has 7 aromatic rings. The van der Waals surface area contributed by atoms with Crippen LogP contribution in [0.25, 0.3) is 50.6 Å². The van der Waals surface area contributed by atoms with E-state index in [1.54, 1.807) is 0 Å². The normalized spacial score (nSPS) is 16.0. The van der Waals surface area contributed by atoms with E-state index in [9.17, 15) is 0 Å². The van der Waals surface area contributed by atoms with E-state index in [0.717, 1.165) is 57.1 Å². The first kappa shape index (κ1) is 29.6. The third-order valence-corrected chi connectivity index (χ3v) is 10.7. The van der Waals surface area contributed by atoms with Crippen LogP contribution in [-0.4, -0.2) is 9.97 Å². The van der Waals surface area contributed by atoms with Crippen LogP contribution < -0.4 is 4.74 Å². The van der Waals surface area contributed by atoms with E-state index in [2.05, 4.69) is 171 Å². The van der Waals surface area contributed by atoms with Gasteiger partial charge in [-0.3, -0.25) is 0 Å². The summed E-state index contributed by atoms with van der Waals surface area (Å²) >= 11 is 0. The van der Waals surface area contributed by atoms with Gasteiger partial charge in [-0.25, -0.2) is 9.97 Å². The fourth-order valence-corrected chi connectivity index (χ4v) is 8.48. The van der Waals surface area contributed by atoms with Crippen LogP contribution in [0.5, 0.6) is 11.5 Å². The Balaban J connectivity index is 1.20. The molecule has 2 aliphatic carbocycles. The van der Waals surface area contributed by atoms with Gasteiger partial charge >= 0.3 is 0 Å². The van der Waals surface area contributed by atoms with E-state index in [1.165, 1.54) is 33.4 Å². The predicted octanol–water partition coefficient (Wildman–Crippen LogP) is 11.9. The van der Waals surface area contributed by atoms with Gasteiger partial charge in [-0.05, 0) is 63.9 Å². The number of para-hydroxylation sites is 2. The second kappa shape index (κ2) is 11.6. The lowest BCUT2D eigenvalue weighted by Gasteiger charge is -2.39. The Morgan fingerprint density at radius 2 is 1.16 bits per heavy atom. The van der Waals surface area contributed by atoms with Gasteiger partial charge in [0.25, 0.3) is 0 Å². The summed E-state index contributed by atoms with van der Waals surface area (Å²) < 4.78 is 6.56. The van der Waals surface area contributed by atoms with Crippen molar-refractivity contribution in [2.45, 2.75) is 18.8 Å². The molecule has 0 saturated carbocycles. The molecule has 3 nitrogen and oxygen atoms in total. The maximum Gasteiger partial charge on any atom is 0.160 e. The summed E-state index contributed by atoms with van der Waals surface area (Å²) in [6.45, 7) is 2.27. The summed E-state index contributed by atoms with van der Waals surface area (Å²) in [5.41, 5.74) is 14.2. The maximum absolute atomic E-state index is 6.56. The van der Waals surface area contributed by atoms with Crippen LogP contribution in [0.1, 0.15) is 41.2 Å². The standard InChI is InChI=1S/C48H34N2O/c1-31-13-11-16-35(29-31)32-25-27-34(28-26-32)47-49-42(33-14-3-2-4-15-33)30-43(50-47)37-18-12-22-41-46(37)36-17-5-6-19-38(36)48(41)39-20-7-9-23-44(39)51-45-24-10-8-21-40(45)48/h2-28,30-31H,29H2,1H3. The van der Waals surface area contributed by atoms with Crippen LogP contribution >= 0.6 is 0 Å². The van der Waals surface area contributed by atoms with Crippen molar-refractivity contribution in [2.75, 3.05) is 0 Å². The topological polar surface area (TPSA) is 35.0 Å². The predicted molar refractivity (Wildman–Crippen MR) is 207 cm³/mol. The second-order valence-electron chi connectivity index (χ2n) is 13.8. The van der Waals surface area contributed by atoms with Crippen molar-refractivity contribution >= 4 is 5.57 Å². The van der Waals surface area contributed by atoms with Gasteiger partial charge in [0.05, 0.1) is 16.8 Å². The van der Waals surface area contributed by atoms with Crippen molar-refractivity contribution in [3.63, 3.8) is 0 Å². The first-order valence-corrected chi connectivity index (χ1v) is 17.7. The zero-order valence-electron chi connectivity index (χ0n) is 28.3. The molecule has 0 fully saturated rings. The molecule has 51 heavy (non-hydrogen) atoms. The molecule has 0 amide bonds. The number of nitrogens with zero attached hydrogens (tertiary/aromatic N) is 2. The van der Waals surface area contributed by atoms with Gasteiger partial charge in [0, 0.05) is 27.8 Å². The van der Waals surface area contributed by atoms with Gasteiger partial charge in [0.15, 0.2) is 5.82 Å². The van der Waals surface area contributed by atoms with Gasteiger partial charge in [0.2, 0.25) is 0 Å². The Kier molecular flexibility index (Phi) is 6.75. The number of fused-ring (bicyclic) bond motifs is 9. The molecule has 1 aromatic heterocycles. The van der Waals surface area contributed by atoms with Crippen LogP contribution in [0.2, 0.25) is 0 Å². The van der Waals surface area contributed by atoms with E-state index < -0.39 is 5.41 Å². The highest BCUT2D eigenvalue weighted by molar-refractivity contribution is 5.96. The first-order valence-electron chi connectivity index (χ1n) is 17.7. The van der Waals surface area contributed by atoms with E-state index in [0.29, 0.717) is 11.7 Å². The van der Waals surface area contributed by atoms with E-state index in [1.807, 2.05) is 6.07 Å². The van der Waals surface area contributed by atoms with Crippen LogP contribution in [0.4, 0.5) is 0 Å².